The fourth-order valence-electron chi connectivity index (χ4n) is 2.06. The third-order valence-corrected chi connectivity index (χ3v) is 3.07. The molecule has 0 aromatic heterocycles. The molecule has 0 bridgehead atoms. The smallest absolute Gasteiger partial charge is 0.238 e. The average molecular weight is 286 g/mol. The van der Waals surface area contributed by atoms with E-state index >= 15 is 0 Å². The molecule has 0 aliphatic rings. The van der Waals surface area contributed by atoms with Crippen LogP contribution in [0.5, 0.6) is 0 Å². The Bertz CT molecular complexity index is 613. The lowest BCUT2D eigenvalue weighted by Crippen LogP contribution is -2.29. The van der Waals surface area contributed by atoms with Gasteiger partial charge in [-0.25, -0.2) is 4.39 Å². The van der Waals surface area contributed by atoms with Gasteiger partial charge in [0, 0.05) is 5.69 Å². The molecule has 4 heteroatoms. The van der Waals surface area contributed by atoms with E-state index in [2.05, 4.69) is 10.6 Å². The number of aryl methyl sites for hydroxylation is 1. The van der Waals surface area contributed by atoms with Crippen LogP contribution in [0.25, 0.3) is 0 Å². The molecule has 0 unspecified atom stereocenters. The molecule has 2 rings (SSSR count). The van der Waals surface area contributed by atoms with Crippen molar-refractivity contribution in [2.75, 3.05) is 18.4 Å². The van der Waals surface area contributed by atoms with Gasteiger partial charge in [0.05, 0.1) is 6.54 Å². The van der Waals surface area contributed by atoms with E-state index in [1.165, 1.54) is 12.1 Å². The Hall–Kier alpha value is -2.20. The molecule has 21 heavy (non-hydrogen) atoms. The first kappa shape index (κ1) is 15.2. The number of hydrogen-bond acceptors (Lipinski definition) is 2. The largest absolute Gasteiger partial charge is 0.325 e. The molecule has 2 N–H and O–H groups in total. The van der Waals surface area contributed by atoms with E-state index in [1.54, 1.807) is 6.07 Å². The summed E-state index contributed by atoms with van der Waals surface area (Å²) in [4.78, 5) is 11.8. The van der Waals surface area contributed by atoms with E-state index in [0.29, 0.717) is 13.0 Å². The maximum atomic E-state index is 13.0. The van der Waals surface area contributed by atoms with Gasteiger partial charge in [-0.2, -0.15) is 0 Å². The molecular formula is C17H19FN2O. The standard InChI is InChI=1S/C17H19FN2O/c1-13-4-2-7-16(10-13)20-17(21)12-19-9-8-14-5-3-6-15(18)11-14/h2-7,10-11,19H,8-9,12H2,1H3,(H,20,21). The number of nitrogens with one attached hydrogen (secondary N) is 2. The lowest BCUT2D eigenvalue weighted by molar-refractivity contribution is -0.115. The van der Waals surface area contributed by atoms with Gasteiger partial charge in [0.15, 0.2) is 0 Å². The Morgan fingerprint density at radius 2 is 1.95 bits per heavy atom. The van der Waals surface area contributed by atoms with E-state index in [9.17, 15) is 9.18 Å². The van der Waals surface area contributed by atoms with Crippen LogP contribution < -0.4 is 10.6 Å². The molecule has 0 fully saturated rings. The number of hydrogen-bond donors (Lipinski definition) is 2. The predicted octanol–water partition coefficient (Wildman–Crippen LogP) is 2.90. The van der Waals surface area contributed by atoms with Crippen molar-refractivity contribution >= 4 is 11.6 Å². The quantitative estimate of drug-likeness (QED) is 0.802. The van der Waals surface area contributed by atoms with Gasteiger partial charge < -0.3 is 10.6 Å². The molecule has 0 heterocycles. The first-order valence-electron chi connectivity index (χ1n) is 6.95. The molecule has 1 amide bonds. The number of anilines is 1. The first-order valence-corrected chi connectivity index (χ1v) is 6.95. The minimum atomic E-state index is -0.232. The van der Waals surface area contributed by atoms with Crippen LogP contribution in [0.2, 0.25) is 0 Å². The van der Waals surface area contributed by atoms with Crippen molar-refractivity contribution in [3.8, 4) is 0 Å². The van der Waals surface area contributed by atoms with E-state index in [0.717, 1.165) is 16.8 Å². The van der Waals surface area contributed by atoms with Gasteiger partial charge in [-0.1, -0.05) is 24.3 Å². The maximum absolute atomic E-state index is 13.0. The molecule has 3 nitrogen and oxygen atoms in total. The number of carbonyl (C=O) groups excluding carboxylic acids is 1. The number of carbonyl (C=O) groups is 1. The molecular weight excluding hydrogens is 267 g/mol. The monoisotopic (exact) mass is 286 g/mol. The summed E-state index contributed by atoms with van der Waals surface area (Å²) in [5.41, 5.74) is 2.82. The van der Waals surface area contributed by atoms with Crippen molar-refractivity contribution in [1.29, 1.82) is 0 Å². The van der Waals surface area contributed by atoms with Crippen LogP contribution in [0, 0.1) is 12.7 Å². The minimum absolute atomic E-state index is 0.0835. The lowest BCUT2D eigenvalue weighted by atomic mass is 10.1. The van der Waals surface area contributed by atoms with Crippen LogP contribution in [0.4, 0.5) is 10.1 Å². The van der Waals surface area contributed by atoms with Crippen molar-refractivity contribution in [3.63, 3.8) is 0 Å². The highest BCUT2D eigenvalue weighted by Crippen LogP contribution is 2.09. The fraction of sp³-hybridized carbons (Fsp3) is 0.235. The summed E-state index contributed by atoms with van der Waals surface area (Å²) in [6, 6.07) is 14.2. The number of rotatable bonds is 6. The third kappa shape index (κ3) is 5.36. The van der Waals surface area contributed by atoms with Gasteiger partial charge in [0.2, 0.25) is 5.91 Å². The van der Waals surface area contributed by atoms with Crippen molar-refractivity contribution < 1.29 is 9.18 Å². The highest BCUT2D eigenvalue weighted by molar-refractivity contribution is 5.92. The number of amides is 1. The molecule has 0 atom stereocenters. The number of halogens is 1. The summed E-state index contributed by atoms with van der Waals surface area (Å²) in [6.45, 7) is 2.85. The van der Waals surface area contributed by atoms with Gasteiger partial charge in [0.25, 0.3) is 0 Å². The summed E-state index contributed by atoms with van der Waals surface area (Å²) < 4.78 is 13.0. The normalized spacial score (nSPS) is 10.4. The highest BCUT2D eigenvalue weighted by Gasteiger charge is 2.02. The number of benzene rings is 2. The first-order chi connectivity index (χ1) is 10.1. The SMILES string of the molecule is Cc1cccc(NC(=O)CNCCc2cccc(F)c2)c1. The van der Waals surface area contributed by atoms with Crippen molar-refractivity contribution in [1.82, 2.24) is 5.32 Å². The minimum Gasteiger partial charge on any atom is -0.325 e. The summed E-state index contributed by atoms with van der Waals surface area (Å²) in [5, 5.41) is 5.88. The van der Waals surface area contributed by atoms with Crippen LogP contribution in [-0.2, 0) is 11.2 Å². The zero-order valence-corrected chi connectivity index (χ0v) is 12.0. The van der Waals surface area contributed by atoms with Crippen LogP contribution in [0.1, 0.15) is 11.1 Å². The Labute approximate surface area is 124 Å². The summed E-state index contributed by atoms with van der Waals surface area (Å²) >= 11 is 0. The topological polar surface area (TPSA) is 41.1 Å². The van der Waals surface area contributed by atoms with Crippen LogP contribution in [0.15, 0.2) is 48.5 Å². The zero-order chi connectivity index (χ0) is 15.1. The Morgan fingerprint density at radius 1 is 1.14 bits per heavy atom. The van der Waals surface area contributed by atoms with Gasteiger partial charge in [0.1, 0.15) is 5.82 Å². The molecule has 0 saturated heterocycles. The van der Waals surface area contributed by atoms with Crippen LogP contribution in [-0.4, -0.2) is 19.0 Å². The molecule has 2 aromatic rings. The molecule has 0 aliphatic heterocycles. The maximum Gasteiger partial charge on any atom is 0.238 e. The molecule has 0 saturated carbocycles. The Balaban J connectivity index is 1.70. The van der Waals surface area contributed by atoms with Crippen molar-refractivity contribution in [2.24, 2.45) is 0 Å². The second kappa shape index (κ2) is 7.55. The molecule has 0 spiro atoms. The van der Waals surface area contributed by atoms with Gasteiger partial charge in [-0.05, 0) is 55.3 Å². The van der Waals surface area contributed by atoms with E-state index in [4.69, 9.17) is 0 Å². The summed E-state index contributed by atoms with van der Waals surface area (Å²) in [6.07, 6.45) is 0.690. The van der Waals surface area contributed by atoms with Crippen molar-refractivity contribution in [3.05, 3.63) is 65.5 Å². The Morgan fingerprint density at radius 3 is 2.71 bits per heavy atom. The van der Waals surface area contributed by atoms with Gasteiger partial charge in [-0.15, -0.1) is 0 Å². The van der Waals surface area contributed by atoms with Crippen LogP contribution in [0.3, 0.4) is 0 Å². The van der Waals surface area contributed by atoms with Gasteiger partial charge in [-0.3, -0.25) is 4.79 Å². The van der Waals surface area contributed by atoms with Crippen molar-refractivity contribution in [2.45, 2.75) is 13.3 Å². The third-order valence-electron chi connectivity index (χ3n) is 3.07. The molecule has 110 valence electrons. The average Bonchev–Trinajstić information content (AvgIpc) is 2.44. The summed E-state index contributed by atoms with van der Waals surface area (Å²) in [7, 11) is 0. The second-order valence-electron chi connectivity index (χ2n) is 4.97. The zero-order valence-electron chi connectivity index (χ0n) is 12.0. The lowest BCUT2D eigenvalue weighted by Gasteiger charge is -2.07. The highest BCUT2D eigenvalue weighted by atomic mass is 19.1. The predicted molar refractivity (Wildman–Crippen MR) is 82.8 cm³/mol. The van der Waals surface area contributed by atoms with E-state index in [-0.39, 0.29) is 18.3 Å². The molecule has 2 aromatic carbocycles. The molecule has 0 aliphatic carbocycles. The Kier molecular flexibility index (Phi) is 5.46. The fourth-order valence-corrected chi connectivity index (χ4v) is 2.06. The van der Waals surface area contributed by atoms with Gasteiger partial charge >= 0.3 is 0 Å². The second-order valence-corrected chi connectivity index (χ2v) is 4.97. The van der Waals surface area contributed by atoms with E-state index < -0.39 is 0 Å². The van der Waals surface area contributed by atoms with E-state index in [1.807, 2.05) is 37.3 Å². The van der Waals surface area contributed by atoms with Crippen LogP contribution >= 0.6 is 0 Å². The summed E-state index contributed by atoms with van der Waals surface area (Å²) in [5.74, 6) is -0.315. The molecule has 0 radical (unpaired) electrons.